The minimum absolute atomic E-state index is 0.0450. The van der Waals surface area contributed by atoms with E-state index >= 15 is 0 Å². The molecule has 266 valence electrons. The normalized spacial score (nSPS) is 13.1. The van der Waals surface area contributed by atoms with Gasteiger partial charge in [0.1, 0.15) is 28.2 Å². The van der Waals surface area contributed by atoms with Crippen LogP contribution >= 0.6 is 0 Å². The van der Waals surface area contributed by atoms with Crippen LogP contribution in [0.1, 0.15) is 12.5 Å². The molecule has 0 radical (unpaired) electrons. The Kier molecular flexibility index (Phi) is 11.5. The largest absolute Gasteiger partial charge is 0.507 e. The van der Waals surface area contributed by atoms with Crippen LogP contribution in [0.25, 0.3) is 22.3 Å². The maximum atomic E-state index is 13.2. The molecule has 1 amide bonds. The number of hydrogen-bond donors (Lipinski definition) is 1. The van der Waals surface area contributed by atoms with Crippen molar-refractivity contribution < 1.29 is 52.3 Å². The van der Waals surface area contributed by atoms with E-state index in [9.17, 15) is 19.5 Å². The van der Waals surface area contributed by atoms with Crippen LogP contribution in [0.2, 0.25) is 0 Å². The number of hydrogen-bond acceptors (Lipinski definition) is 13. The second kappa shape index (κ2) is 16.2. The van der Waals surface area contributed by atoms with Crippen molar-refractivity contribution in [2.75, 3.05) is 74.4 Å². The maximum absolute atomic E-state index is 13.2. The van der Waals surface area contributed by atoms with Crippen molar-refractivity contribution in [1.82, 2.24) is 9.80 Å². The van der Waals surface area contributed by atoms with E-state index in [1.54, 1.807) is 51.4 Å². The molecular weight excluding hydrogens is 652 g/mol. The van der Waals surface area contributed by atoms with E-state index in [2.05, 4.69) is 4.90 Å². The first-order valence-corrected chi connectivity index (χ1v) is 15.9. The van der Waals surface area contributed by atoms with E-state index in [-0.39, 0.29) is 59.7 Å². The predicted molar refractivity (Wildman–Crippen MR) is 182 cm³/mol. The van der Waals surface area contributed by atoms with Gasteiger partial charge in [-0.25, -0.2) is 4.79 Å². The SMILES string of the molecule is CCOC(=O)COc1cc(O)c2c(=O)cc(-c3ccc(OC)c(OCC(=O)N4CCN(Cc5cc(OC)c(OC)c(OC)c5)CC4)c3)oc2c1. The number of amides is 1. The number of ether oxygens (including phenoxy) is 7. The maximum Gasteiger partial charge on any atom is 0.344 e. The lowest BCUT2D eigenvalue weighted by Crippen LogP contribution is -2.49. The number of rotatable bonds is 14. The predicted octanol–water partition coefficient (Wildman–Crippen LogP) is 3.87. The van der Waals surface area contributed by atoms with Crippen molar-refractivity contribution in [3.63, 3.8) is 0 Å². The number of phenols is 1. The topological polar surface area (TPSA) is 156 Å². The van der Waals surface area contributed by atoms with Gasteiger partial charge in [-0.3, -0.25) is 14.5 Å². The summed E-state index contributed by atoms with van der Waals surface area (Å²) in [7, 11) is 6.20. The molecule has 4 aromatic rings. The van der Waals surface area contributed by atoms with Crippen LogP contribution in [0, 0.1) is 0 Å². The lowest BCUT2D eigenvalue weighted by molar-refractivity contribution is -0.145. The van der Waals surface area contributed by atoms with Crippen molar-refractivity contribution in [3.05, 3.63) is 64.3 Å². The van der Waals surface area contributed by atoms with Gasteiger partial charge >= 0.3 is 5.97 Å². The number of piperazine rings is 1. The van der Waals surface area contributed by atoms with Crippen LogP contribution in [-0.4, -0.2) is 101 Å². The molecule has 0 aliphatic carbocycles. The molecular formula is C36H40N2O12. The molecule has 0 bridgehead atoms. The standard InChI is InChI=1S/C36H40N2O12/c1-6-47-34(42)21-48-24-16-25(39)35-26(40)18-28(50-30(35)17-24)23-7-8-27(43-2)29(15-23)49-20-33(41)38-11-9-37(10-12-38)19-22-13-31(44-3)36(46-5)32(14-22)45-4/h7-8,13-18,39H,6,9-12,19-21H2,1-5H3. The van der Waals surface area contributed by atoms with Gasteiger partial charge < -0.3 is 47.6 Å². The summed E-state index contributed by atoms with van der Waals surface area (Å²) in [5.41, 5.74) is 1.01. The third-order valence-electron chi connectivity index (χ3n) is 8.10. The van der Waals surface area contributed by atoms with Gasteiger partial charge in [-0.1, -0.05) is 0 Å². The number of benzene rings is 3. The highest BCUT2D eigenvalue weighted by atomic mass is 16.6. The number of carbonyl (C=O) groups is 2. The zero-order valence-electron chi connectivity index (χ0n) is 28.6. The molecule has 14 nitrogen and oxygen atoms in total. The van der Waals surface area contributed by atoms with Crippen LogP contribution in [0.5, 0.6) is 40.2 Å². The van der Waals surface area contributed by atoms with E-state index in [0.717, 1.165) is 5.56 Å². The smallest absolute Gasteiger partial charge is 0.344 e. The number of esters is 1. The van der Waals surface area contributed by atoms with Crippen molar-refractivity contribution in [2.45, 2.75) is 13.5 Å². The molecule has 1 aliphatic heterocycles. The summed E-state index contributed by atoms with van der Waals surface area (Å²) < 4.78 is 44.0. The highest BCUT2D eigenvalue weighted by molar-refractivity contribution is 5.86. The summed E-state index contributed by atoms with van der Waals surface area (Å²) in [4.78, 5) is 41.9. The van der Waals surface area contributed by atoms with E-state index in [1.165, 1.54) is 25.3 Å². The first-order valence-electron chi connectivity index (χ1n) is 15.9. The van der Waals surface area contributed by atoms with Gasteiger partial charge in [0.15, 0.2) is 41.6 Å². The minimum Gasteiger partial charge on any atom is -0.507 e. The van der Waals surface area contributed by atoms with Gasteiger partial charge in [-0.2, -0.15) is 0 Å². The van der Waals surface area contributed by atoms with E-state index < -0.39 is 11.4 Å². The van der Waals surface area contributed by atoms with E-state index in [1.807, 2.05) is 12.1 Å². The van der Waals surface area contributed by atoms with Crippen molar-refractivity contribution in [2.24, 2.45) is 0 Å². The number of phenolic OH excluding ortho intramolecular Hbond substituents is 1. The molecule has 0 atom stereocenters. The average molecular weight is 693 g/mol. The molecule has 14 heteroatoms. The van der Waals surface area contributed by atoms with Crippen molar-refractivity contribution in [3.8, 4) is 51.6 Å². The van der Waals surface area contributed by atoms with Crippen LogP contribution < -0.4 is 33.8 Å². The summed E-state index contributed by atoms with van der Waals surface area (Å²) in [5, 5.41) is 10.5. The van der Waals surface area contributed by atoms with Gasteiger partial charge in [0.05, 0.1) is 35.0 Å². The van der Waals surface area contributed by atoms with Gasteiger partial charge in [0, 0.05) is 56.5 Å². The molecule has 0 spiro atoms. The van der Waals surface area contributed by atoms with Crippen molar-refractivity contribution in [1.29, 1.82) is 0 Å². The van der Waals surface area contributed by atoms with Crippen LogP contribution in [0.3, 0.4) is 0 Å². The molecule has 5 rings (SSSR count). The Labute approximate surface area is 288 Å². The number of fused-ring (bicyclic) bond motifs is 1. The first-order chi connectivity index (χ1) is 24.2. The third kappa shape index (κ3) is 8.14. The van der Waals surface area contributed by atoms with E-state index in [4.69, 9.17) is 37.6 Å². The Morgan fingerprint density at radius 2 is 1.50 bits per heavy atom. The number of aromatic hydroxyl groups is 1. The minimum atomic E-state index is -0.582. The second-order valence-electron chi connectivity index (χ2n) is 11.2. The van der Waals surface area contributed by atoms with Gasteiger partial charge in [0.2, 0.25) is 5.75 Å². The lowest BCUT2D eigenvalue weighted by atomic mass is 10.1. The molecule has 1 saturated heterocycles. The molecule has 1 N–H and O–H groups in total. The molecule has 1 aromatic heterocycles. The molecule has 3 aromatic carbocycles. The number of carbonyl (C=O) groups excluding carboxylic acids is 2. The number of nitrogens with zero attached hydrogens (tertiary/aromatic N) is 2. The molecule has 50 heavy (non-hydrogen) atoms. The summed E-state index contributed by atoms with van der Waals surface area (Å²) in [6, 6.07) is 12.6. The summed E-state index contributed by atoms with van der Waals surface area (Å²) >= 11 is 0. The van der Waals surface area contributed by atoms with Crippen LogP contribution in [0.15, 0.2) is 57.7 Å². The third-order valence-corrected chi connectivity index (χ3v) is 8.10. The van der Waals surface area contributed by atoms with Gasteiger partial charge in [-0.15, -0.1) is 0 Å². The Morgan fingerprint density at radius 1 is 0.800 bits per heavy atom. The Balaban J connectivity index is 1.24. The van der Waals surface area contributed by atoms with Crippen molar-refractivity contribution >= 4 is 22.8 Å². The van der Waals surface area contributed by atoms with E-state index in [0.29, 0.717) is 61.3 Å². The summed E-state index contributed by atoms with van der Waals surface area (Å²) in [6.45, 7) is 4.25. The van der Waals surface area contributed by atoms with Gasteiger partial charge in [0.25, 0.3) is 5.91 Å². The second-order valence-corrected chi connectivity index (χ2v) is 11.2. The highest BCUT2D eigenvalue weighted by Crippen LogP contribution is 2.39. The highest BCUT2D eigenvalue weighted by Gasteiger charge is 2.24. The lowest BCUT2D eigenvalue weighted by Gasteiger charge is -2.34. The monoisotopic (exact) mass is 692 g/mol. The van der Waals surface area contributed by atoms with Crippen LogP contribution in [-0.2, 0) is 20.9 Å². The fourth-order valence-electron chi connectivity index (χ4n) is 5.63. The quantitative estimate of drug-likeness (QED) is 0.190. The Morgan fingerprint density at radius 3 is 2.14 bits per heavy atom. The average Bonchev–Trinajstić information content (AvgIpc) is 3.12. The summed E-state index contributed by atoms with van der Waals surface area (Å²) in [6.07, 6.45) is 0. The fraction of sp³-hybridized carbons (Fsp3) is 0.361. The Hall–Kier alpha value is -5.63. The van der Waals surface area contributed by atoms with Crippen LogP contribution in [0.4, 0.5) is 0 Å². The zero-order chi connectivity index (χ0) is 35.8. The molecule has 1 fully saturated rings. The number of methoxy groups -OCH3 is 4. The van der Waals surface area contributed by atoms with Gasteiger partial charge in [-0.05, 0) is 42.8 Å². The molecule has 2 heterocycles. The molecule has 0 saturated carbocycles. The Bertz CT molecular complexity index is 1870. The molecule has 0 unspecified atom stereocenters. The first kappa shape index (κ1) is 35.7. The molecule has 1 aliphatic rings. The summed E-state index contributed by atoms with van der Waals surface area (Å²) in [5.74, 6) is 1.52. The zero-order valence-corrected chi connectivity index (χ0v) is 28.6. The fourth-order valence-corrected chi connectivity index (χ4v) is 5.63.